The van der Waals surface area contributed by atoms with E-state index in [0.717, 1.165) is 38.0 Å². The highest BCUT2D eigenvalue weighted by molar-refractivity contribution is 9.10. The van der Waals surface area contributed by atoms with Crippen LogP contribution >= 0.6 is 15.9 Å². The summed E-state index contributed by atoms with van der Waals surface area (Å²) >= 11 is 3.48. The van der Waals surface area contributed by atoms with E-state index in [2.05, 4.69) is 45.0 Å². The lowest BCUT2D eigenvalue weighted by atomic mass is 10.1. The average Bonchev–Trinajstić information content (AvgIpc) is 3.10. The quantitative estimate of drug-likeness (QED) is 0.318. The second kappa shape index (κ2) is 7.95. The molecule has 28 heavy (non-hydrogen) atoms. The van der Waals surface area contributed by atoms with Crippen LogP contribution in [0.25, 0.3) is 28.6 Å². The zero-order valence-corrected chi connectivity index (χ0v) is 17.3. The van der Waals surface area contributed by atoms with Crippen LogP contribution in [-0.2, 0) is 0 Å². The van der Waals surface area contributed by atoms with E-state index in [-0.39, 0.29) is 0 Å². The molecule has 3 aromatic carbocycles. The van der Waals surface area contributed by atoms with Crippen molar-refractivity contribution in [3.05, 3.63) is 87.9 Å². The molecule has 138 valence electrons. The molecule has 0 unspecified atom stereocenters. The Kier molecular flexibility index (Phi) is 5.22. The number of hydrogen-bond donors (Lipinski definition) is 0. The molecule has 0 N–H and O–H groups in total. The van der Waals surface area contributed by atoms with E-state index in [0.29, 0.717) is 5.89 Å². The Hall–Kier alpha value is -2.98. The van der Waals surface area contributed by atoms with Crippen LogP contribution in [0.4, 0.5) is 5.69 Å². The third-order valence-electron chi connectivity index (χ3n) is 4.36. The molecule has 0 bridgehead atoms. The molecule has 0 radical (unpaired) electrons. The standard InChI is InChI=1S/C24H19BrN2O/c1-16-12-17(2)23-22(13-16)27-24(28-23)19-8-4-10-21(15-19)26-11-5-7-18-6-3-9-20(25)14-18/h3-15H,1-2H3/b7-5+,26-11?. The van der Waals surface area contributed by atoms with Crippen LogP contribution in [0.1, 0.15) is 16.7 Å². The van der Waals surface area contributed by atoms with Crippen molar-refractivity contribution in [1.29, 1.82) is 0 Å². The van der Waals surface area contributed by atoms with Crippen molar-refractivity contribution in [2.75, 3.05) is 0 Å². The van der Waals surface area contributed by atoms with Gasteiger partial charge in [-0.25, -0.2) is 4.98 Å². The molecule has 0 aliphatic rings. The lowest BCUT2D eigenvalue weighted by Crippen LogP contribution is -1.78. The molecule has 0 fully saturated rings. The lowest BCUT2D eigenvalue weighted by Gasteiger charge is -1.97. The zero-order valence-electron chi connectivity index (χ0n) is 15.7. The molecular weight excluding hydrogens is 412 g/mol. The van der Waals surface area contributed by atoms with E-state index in [1.54, 1.807) is 6.21 Å². The number of aryl methyl sites for hydroxylation is 2. The van der Waals surface area contributed by atoms with Gasteiger partial charge in [0.1, 0.15) is 5.52 Å². The minimum absolute atomic E-state index is 0.616. The van der Waals surface area contributed by atoms with Gasteiger partial charge in [-0.3, -0.25) is 4.99 Å². The first-order valence-electron chi connectivity index (χ1n) is 9.03. The molecule has 0 saturated carbocycles. The van der Waals surface area contributed by atoms with Crippen molar-refractivity contribution in [2.45, 2.75) is 13.8 Å². The number of fused-ring (bicyclic) bond motifs is 1. The maximum atomic E-state index is 6.01. The van der Waals surface area contributed by atoms with Crippen molar-refractivity contribution in [3.63, 3.8) is 0 Å². The number of hydrogen-bond acceptors (Lipinski definition) is 3. The Balaban J connectivity index is 1.57. The van der Waals surface area contributed by atoms with E-state index in [1.165, 1.54) is 5.56 Å². The monoisotopic (exact) mass is 430 g/mol. The number of halogens is 1. The number of oxazole rings is 1. The minimum Gasteiger partial charge on any atom is -0.436 e. The van der Waals surface area contributed by atoms with Crippen LogP contribution in [0, 0.1) is 13.8 Å². The van der Waals surface area contributed by atoms with Gasteiger partial charge in [0.05, 0.1) is 5.69 Å². The number of nitrogens with zero attached hydrogens (tertiary/aromatic N) is 2. The fourth-order valence-electron chi connectivity index (χ4n) is 3.11. The summed E-state index contributed by atoms with van der Waals surface area (Å²) in [5.41, 5.74) is 6.89. The first-order chi connectivity index (χ1) is 13.6. The Morgan fingerprint density at radius 3 is 2.71 bits per heavy atom. The van der Waals surface area contributed by atoms with E-state index in [1.807, 2.05) is 67.6 Å². The molecule has 0 aliphatic carbocycles. The average molecular weight is 431 g/mol. The van der Waals surface area contributed by atoms with Crippen LogP contribution in [0.2, 0.25) is 0 Å². The summed E-state index contributed by atoms with van der Waals surface area (Å²) in [7, 11) is 0. The van der Waals surface area contributed by atoms with Crippen molar-refractivity contribution in [1.82, 2.24) is 4.98 Å². The molecule has 4 rings (SSSR count). The van der Waals surface area contributed by atoms with Gasteiger partial charge in [-0.15, -0.1) is 0 Å². The molecular formula is C24H19BrN2O. The highest BCUT2D eigenvalue weighted by Crippen LogP contribution is 2.29. The molecule has 1 aromatic heterocycles. The highest BCUT2D eigenvalue weighted by atomic mass is 79.9. The highest BCUT2D eigenvalue weighted by Gasteiger charge is 2.11. The lowest BCUT2D eigenvalue weighted by molar-refractivity contribution is 0.617. The third-order valence-corrected chi connectivity index (χ3v) is 4.85. The first kappa shape index (κ1) is 18.4. The first-order valence-corrected chi connectivity index (χ1v) is 9.82. The van der Waals surface area contributed by atoms with Gasteiger partial charge in [-0.05, 0) is 73.0 Å². The summed E-state index contributed by atoms with van der Waals surface area (Å²) in [6.45, 7) is 4.11. The van der Waals surface area contributed by atoms with Gasteiger partial charge in [0, 0.05) is 16.3 Å². The Morgan fingerprint density at radius 2 is 1.86 bits per heavy atom. The predicted octanol–water partition coefficient (Wildman–Crippen LogP) is 7.29. The van der Waals surface area contributed by atoms with Gasteiger partial charge in [0.2, 0.25) is 5.89 Å². The molecule has 3 nitrogen and oxygen atoms in total. The normalized spacial score (nSPS) is 11.8. The van der Waals surface area contributed by atoms with E-state index < -0.39 is 0 Å². The minimum atomic E-state index is 0.616. The summed E-state index contributed by atoms with van der Waals surface area (Å²) in [6.07, 6.45) is 5.74. The molecule has 0 atom stereocenters. The van der Waals surface area contributed by atoms with Crippen LogP contribution in [0.3, 0.4) is 0 Å². The molecule has 1 heterocycles. The van der Waals surface area contributed by atoms with Crippen LogP contribution < -0.4 is 0 Å². The summed E-state index contributed by atoms with van der Waals surface area (Å²) in [6, 6.07) is 20.2. The van der Waals surface area contributed by atoms with Crippen molar-refractivity contribution < 1.29 is 4.42 Å². The Labute approximate surface area is 172 Å². The molecule has 4 aromatic rings. The van der Waals surface area contributed by atoms with Gasteiger partial charge in [0.25, 0.3) is 0 Å². The van der Waals surface area contributed by atoms with Gasteiger partial charge in [0.15, 0.2) is 5.58 Å². The molecule has 0 spiro atoms. The van der Waals surface area contributed by atoms with Gasteiger partial charge >= 0.3 is 0 Å². The Bertz CT molecular complexity index is 1200. The SMILES string of the molecule is Cc1cc(C)c2oc(-c3cccc(N=C/C=C/c4cccc(Br)c4)c3)nc2c1. The maximum Gasteiger partial charge on any atom is 0.227 e. The summed E-state index contributed by atoms with van der Waals surface area (Å²) in [5, 5.41) is 0. The van der Waals surface area contributed by atoms with Crippen molar-refractivity contribution in [3.8, 4) is 11.5 Å². The molecule has 0 aliphatic heterocycles. The van der Waals surface area contributed by atoms with Gasteiger partial charge < -0.3 is 4.42 Å². The summed E-state index contributed by atoms with van der Waals surface area (Å²) in [5.74, 6) is 0.616. The van der Waals surface area contributed by atoms with Crippen LogP contribution in [0.15, 0.2) is 80.6 Å². The van der Waals surface area contributed by atoms with Crippen LogP contribution in [-0.4, -0.2) is 11.2 Å². The van der Waals surface area contributed by atoms with Gasteiger partial charge in [-0.2, -0.15) is 0 Å². The van der Waals surface area contributed by atoms with Crippen molar-refractivity contribution >= 4 is 45.0 Å². The van der Waals surface area contributed by atoms with Crippen molar-refractivity contribution in [2.24, 2.45) is 4.99 Å². The summed E-state index contributed by atoms with van der Waals surface area (Å²) in [4.78, 5) is 9.18. The second-order valence-corrected chi connectivity index (χ2v) is 7.61. The Morgan fingerprint density at radius 1 is 1.00 bits per heavy atom. The van der Waals surface area contributed by atoms with E-state index in [9.17, 15) is 0 Å². The maximum absolute atomic E-state index is 6.01. The predicted molar refractivity (Wildman–Crippen MR) is 120 cm³/mol. The largest absolute Gasteiger partial charge is 0.436 e. The number of aliphatic imine (C=N–C) groups is 1. The molecule has 0 saturated heterocycles. The summed E-state index contributed by atoms with van der Waals surface area (Å²) < 4.78 is 7.07. The fourth-order valence-corrected chi connectivity index (χ4v) is 3.53. The third kappa shape index (κ3) is 4.12. The van der Waals surface area contributed by atoms with Crippen LogP contribution in [0.5, 0.6) is 0 Å². The van der Waals surface area contributed by atoms with E-state index >= 15 is 0 Å². The smallest absolute Gasteiger partial charge is 0.227 e. The number of aromatic nitrogens is 1. The zero-order chi connectivity index (χ0) is 19.5. The fraction of sp³-hybridized carbons (Fsp3) is 0.0833. The van der Waals surface area contributed by atoms with E-state index in [4.69, 9.17) is 4.42 Å². The molecule has 4 heteroatoms. The second-order valence-electron chi connectivity index (χ2n) is 6.69. The van der Waals surface area contributed by atoms with Gasteiger partial charge in [-0.1, -0.05) is 46.3 Å². The number of allylic oxidation sites excluding steroid dienone is 1. The number of rotatable bonds is 4. The molecule has 0 amide bonds. The topological polar surface area (TPSA) is 38.4 Å². The number of benzene rings is 3.